The molecule has 0 spiro atoms. The highest BCUT2D eigenvalue weighted by atomic mass is 31.2. The number of unbranched alkanes of at least 4 members (excludes halogenated alkanes) is 8. The van der Waals surface area contributed by atoms with Crippen LogP contribution in [-0.2, 0) is 18.6 Å². The average molecular weight is 429 g/mol. The number of rotatable bonds is 17. The Bertz CT molecular complexity index is 529. The van der Waals surface area contributed by atoms with Crippen molar-refractivity contribution in [2.45, 2.75) is 84.0 Å². The van der Waals surface area contributed by atoms with E-state index >= 15 is 0 Å². The standard InChI is InChI=1S/C23H41O5P/c1-2-3-4-5-6-7-8-9-10-11-12-13-14-15-16-17-23(25)27-18-22-19-28-29(26,20-22)21-24/h6-7,9-10,22,24H,2-5,8,11-21H2,1H3/b7-6-,10-9-. The van der Waals surface area contributed by atoms with Gasteiger partial charge in [0.25, 0.3) is 0 Å². The highest BCUT2D eigenvalue weighted by Gasteiger charge is 2.35. The molecule has 0 radical (unpaired) electrons. The van der Waals surface area contributed by atoms with Gasteiger partial charge in [-0.1, -0.05) is 63.3 Å². The van der Waals surface area contributed by atoms with Crippen molar-refractivity contribution in [1.29, 1.82) is 0 Å². The molecule has 0 bridgehead atoms. The molecule has 0 amide bonds. The van der Waals surface area contributed by atoms with Crippen molar-refractivity contribution in [2.24, 2.45) is 5.92 Å². The number of carbonyl (C=O) groups is 1. The molecule has 1 rings (SSSR count). The molecule has 0 aliphatic carbocycles. The van der Waals surface area contributed by atoms with Gasteiger partial charge in [-0.15, -0.1) is 0 Å². The van der Waals surface area contributed by atoms with Crippen LogP contribution in [0.4, 0.5) is 0 Å². The van der Waals surface area contributed by atoms with Crippen molar-refractivity contribution in [1.82, 2.24) is 0 Å². The quantitative estimate of drug-likeness (QED) is 0.129. The third-order valence-corrected chi connectivity index (χ3v) is 7.23. The summed E-state index contributed by atoms with van der Waals surface area (Å²) in [6.07, 6.45) is 22.1. The lowest BCUT2D eigenvalue weighted by Gasteiger charge is -2.09. The highest BCUT2D eigenvalue weighted by molar-refractivity contribution is 7.59. The molecule has 1 saturated heterocycles. The van der Waals surface area contributed by atoms with Gasteiger partial charge in [-0.2, -0.15) is 0 Å². The molecule has 1 fully saturated rings. The fraction of sp³-hybridized carbons (Fsp3) is 0.783. The highest BCUT2D eigenvalue weighted by Crippen LogP contribution is 2.52. The molecule has 29 heavy (non-hydrogen) atoms. The second-order valence-electron chi connectivity index (χ2n) is 7.96. The number of hydrogen-bond donors (Lipinski definition) is 1. The third kappa shape index (κ3) is 13.9. The lowest BCUT2D eigenvalue weighted by molar-refractivity contribution is -0.145. The zero-order valence-corrected chi connectivity index (χ0v) is 19.1. The minimum absolute atomic E-state index is 0.0541. The summed E-state index contributed by atoms with van der Waals surface area (Å²) in [6.45, 7) is 2.77. The summed E-state index contributed by atoms with van der Waals surface area (Å²) in [5.74, 6) is -0.247. The van der Waals surface area contributed by atoms with Gasteiger partial charge in [0.1, 0.15) is 6.35 Å². The van der Waals surface area contributed by atoms with E-state index in [1.807, 2.05) is 0 Å². The zero-order chi connectivity index (χ0) is 21.2. The molecule has 0 aromatic heterocycles. The molecule has 5 nitrogen and oxygen atoms in total. The lowest BCUT2D eigenvalue weighted by atomic mass is 10.1. The van der Waals surface area contributed by atoms with E-state index in [0.29, 0.717) is 19.2 Å². The van der Waals surface area contributed by atoms with Gasteiger partial charge in [-0.25, -0.2) is 0 Å². The number of aliphatic hydroxyl groups excluding tert-OH is 1. The Morgan fingerprint density at radius 2 is 1.69 bits per heavy atom. The van der Waals surface area contributed by atoms with Crippen LogP contribution in [0.5, 0.6) is 0 Å². The van der Waals surface area contributed by atoms with Crippen LogP contribution in [0.3, 0.4) is 0 Å². The van der Waals surface area contributed by atoms with Crippen molar-refractivity contribution in [3.8, 4) is 0 Å². The molecular weight excluding hydrogens is 387 g/mol. The smallest absolute Gasteiger partial charge is 0.305 e. The van der Waals surface area contributed by atoms with Crippen molar-refractivity contribution in [3.63, 3.8) is 0 Å². The lowest BCUT2D eigenvalue weighted by Crippen LogP contribution is -2.16. The van der Waals surface area contributed by atoms with E-state index in [1.54, 1.807) is 0 Å². The predicted molar refractivity (Wildman–Crippen MR) is 119 cm³/mol. The topological polar surface area (TPSA) is 72.8 Å². The molecule has 1 N–H and O–H groups in total. The van der Waals surface area contributed by atoms with E-state index in [-0.39, 0.29) is 18.5 Å². The molecule has 1 aliphatic heterocycles. The molecular formula is C23H41O5P. The Kier molecular flexibility index (Phi) is 15.2. The third-order valence-electron chi connectivity index (χ3n) is 5.11. The predicted octanol–water partition coefficient (Wildman–Crippen LogP) is 6.22. The first kappa shape index (κ1) is 26.1. The second kappa shape index (κ2) is 16.8. The van der Waals surface area contributed by atoms with E-state index in [4.69, 9.17) is 14.4 Å². The van der Waals surface area contributed by atoms with E-state index in [1.165, 1.54) is 38.5 Å². The largest absolute Gasteiger partial charge is 0.465 e. The maximum absolute atomic E-state index is 11.8. The number of ether oxygens (including phenoxy) is 1. The number of carbonyl (C=O) groups excluding carboxylic acids is 1. The van der Waals surface area contributed by atoms with Gasteiger partial charge >= 0.3 is 5.97 Å². The Labute approximate surface area is 177 Å². The summed E-state index contributed by atoms with van der Waals surface area (Å²) < 4.78 is 22.2. The number of allylic oxidation sites excluding steroid dienone is 4. The molecule has 0 aromatic carbocycles. The molecule has 2 unspecified atom stereocenters. The van der Waals surface area contributed by atoms with Gasteiger partial charge in [0.05, 0.1) is 13.2 Å². The molecule has 1 aliphatic rings. The van der Waals surface area contributed by atoms with Gasteiger partial charge < -0.3 is 14.4 Å². The summed E-state index contributed by atoms with van der Waals surface area (Å²) in [7, 11) is -2.86. The summed E-state index contributed by atoms with van der Waals surface area (Å²) in [6, 6.07) is 0. The van der Waals surface area contributed by atoms with Crippen LogP contribution in [0.25, 0.3) is 0 Å². The van der Waals surface area contributed by atoms with E-state index in [0.717, 1.165) is 32.1 Å². The molecule has 168 valence electrons. The first-order chi connectivity index (χ1) is 14.1. The SMILES string of the molecule is CCCCC/C=C\C/C=C\CCCCCCCC(=O)OCC1COP(=O)(CO)C1. The summed E-state index contributed by atoms with van der Waals surface area (Å²) in [5, 5.41) is 9.02. The molecule has 2 atom stereocenters. The number of esters is 1. The number of aliphatic hydroxyl groups is 1. The summed E-state index contributed by atoms with van der Waals surface area (Å²) in [4.78, 5) is 11.8. The summed E-state index contributed by atoms with van der Waals surface area (Å²) >= 11 is 0. The Hall–Kier alpha value is -0.900. The maximum Gasteiger partial charge on any atom is 0.305 e. The fourth-order valence-corrected chi connectivity index (χ4v) is 5.09. The monoisotopic (exact) mass is 428 g/mol. The fourth-order valence-electron chi connectivity index (χ4n) is 3.30. The van der Waals surface area contributed by atoms with Crippen LogP contribution in [0.15, 0.2) is 24.3 Å². The van der Waals surface area contributed by atoms with Crippen molar-refractivity contribution in [2.75, 3.05) is 25.7 Å². The van der Waals surface area contributed by atoms with Crippen LogP contribution in [-0.4, -0.2) is 36.8 Å². The van der Waals surface area contributed by atoms with Crippen LogP contribution in [0, 0.1) is 5.92 Å². The first-order valence-corrected chi connectivity index (χ1v) is 13.4. The molecule has 0 aromatic rings. The Morgan fingerprint density at radius 3 is 2.34 bits per heavy atom. The number of hydrogen-bond acceptors (Lipinski definition) is 5. The van der Waals surface area contributed by atoms with Gasteiger partial charge in [-0.05, 0) is 38.5 Å². The second-order valence-corrected chi connectivity index (χ2v) is 10.5. The van der Waals surface area contributed by atoms with Crippen molar-refractivity contribution < 1.29 is 23.7 Å². The summed E-state index contributed by atoms with van der Waals surface area (Å²) in [5.41, 5.74) is 0. The molecule has 0 saturated carbocycles. The van der Waals surface area contributed by atoms with E-state index < -0.39 is 13.7 Å². The maximum atomic E-state index is 11.8. The van der Waals surface area contributed by atoms with E-state index in [2.05, 4.69) is 31.2 Å². The van der Waals surface area contributed by atoms with Crippen LogP contribution < -0.4 is 0 Å². The molecule has 1 heterocycles. The van der Waals surface area contributed by atoms with Gasteiger partial charge in [-0.3, -0.25) is 9.36 Å². The van der Waals surface area contributed by atoms with Gasteiger partial charge in [0.15, 0.2) is 0 Å². The average Bonchev–Trinajstić information content (AvgIpc) is 3.11. The van der Waals surface area contributed by atoms with Crippen LogP contribution in [0.2, 0.25) is 0 Å². The van der Waals surface area contributed by atoms with Crippen molar-refractivity contribution in [3.05, 3.63) is 24.3 Å². The van der Waals surface area contributed by atoms with Crippen LogP contribution in [0.1, 0.15) is 84.0 Å². The normalized spacial score (nSPS) is 22.1. The molecule has 6 heteroatoms. The minimum Gasteiger partial charge on any atom is -0.465 e. The van der Waals surface area contributed by atoms with E-state index in [9.17, 15) is 9.36 Å². The van der Waals surface area contributed by atoms with Crippen molar-refractivity contribution >= 4 is 13.3 Å². The first-order valence-electron chi connectivity index (χ1n) is 11.4. The minimum atomic E-state index is -2.86. The Morgan fingerprint density at radius 1 is 1.03 bits per heavy atom. The van der Waals surface area contributed by atoms with Crippen LogP contribution >= 0.6 is 7.37 Å². The zero-order valence-electron chi connectivity index (χ0n) is 18.2. The Balaban J connectivity index is 1.87. The van der Waals surface area contributed by atoms with Gasteiger partial charge in [0, 0.05) is 18.5 Å². The van der Waals surface area contributed by atoms with Gasteiger partial charge in [0.2, 0.25) is 7.37 Å².